The average Bonchev–Trinajstić information content (AvgIpc) is 1.69. The minimum atomic E-state index is -1.11. The van der Waals surface area contributed by atoms with E-state index in [0.29, 0.717) is 124 Å². The van der Waals surface area contributed by atoms with Crippen LogP contribution in [0.5, 0.6) is 0 Å². The molecule has 0 spiro atoms. The number of aromatic amines is 2. The molecule has 5 aromatic carbocycles. The molecular weight excluding hydrogens is 1260 g/mol. The van der Waals surface area contributed by atoms with Crippen molar-refractivity contribution in [2.24, 2.45) is 5.92 Å². The second-order valence-corrected chi connectivity index (χ2v) is 26.2. The van der Waals surface area contributed by atoms with Gasteiger partial charge in [-0.15, -0.1) is 20.4 Å². The summed E-state index contributed by atoms with van der Waals surface area (Å²) < 4.78 is 14.3. The van der Waals surface area contributed by atoms with Crippen LogP contribution in [0, 0.1) is 34.4 Å². The third kappa shape index (κ3) is 15.0. The number of carbonyl (C=O) groups excluding carboxylic acids is 6. The number of likely N-dealkylation sites (tertiary alicyclic amines) is 2. The summed E-state index contributed by atoms with van der Waals surface area (Å²) in [7, 11) is 0. The van der Waals surface area contributed by atoms with Crippen LogP contribution in [0.2, 0.25) is 0 Å². The van der Waals surface area contributed by atoms with E-state index in [4.69, 9.17) is 0 Å². The molecular formula is C74H87FN18O6. The monoisotopic (exact) mass is 1340 g/mol. The van der Waals surface area contributed by atoms with Crippen molar-refractivity contribution in [2.45, 2.75) is 159 Å². The number of fused-ring (bicyclic) bond motifs is 4. The lowest BCUT2D eigenvalue weighted by molar-refractivity contribution is -0.131. The number of hydrogen-bond donors (Lipinski definition) is 8. The van der Waals surface area contributed by atoms with Gasteiger partial charge in [0, 0.05) is 73.6 Å². The molecule has 8 N–H and O–H groups in total. The Morgan fingerprint density at radius 2 is 0.899 bits per heavy atom. The molecule has 2 saturated heterocycles. The predicted octanol–water partition coefficient (Wildman–Crippen LogP) is 7.08. The van der Waals surface area contributed by atoms with Crippen molar-refractivity contribution >= 4 is 35.4 Å². The molecule has 3 fully saturated rings. The van der Waals surface area contributed by atoms with Crippen LogP contribution in [-0.4, -0.2) is 157 Å². The van der Waals surface area contributed by atoms with Crippen molar-refractivity contribution < 1.29 is 33.2 Å². The summed E-state index contributed by atoms with van der Waals surface area (Å²) in [6.07, 6.45) is 11.6. The highest BCUT2D eigenvalue weighted by Gasteiger charge is 2.49. The first-order valence-corrected chi connectivity index (χ1v) is 34.9. The van der Waals surface area contributed by atoms with Gasteiger partial charge in [0.15, 0.2) is 11.6 Å². The summed E-state index contributed by atoms with van der Waals surface area (Å²) in [6, 6.07) is 32.1. The fourth-order valence-electron chi connectivity index (χ4n) is 15.7. The van der Waals surface area contributed by atoms with Crippen LogP contribution in [0.3, 0.4) is 0 Å². The van der Waals surface area contributed by atoms with E-state index in [1.807, 2.05) is 88.4 Å². The first-order chi connectivity index (χ1) is 48.2. The average molecular weight is 1340 g/mol. The Bertz CT molecular complexity index is 3990. The van der Waals surface area contributed by atoms with E-state index in [2.05, 4.69) is 85.3 Å². The molecule has 3 aliphatic carbocycles. The molecule has 25 heteroatoms. The molecule has 516 valence electrons. The highest BCUT2D eigenvalue weighted by atomic mass is 19.1. The zero-order valence-corrected chi connectivity index (χ0v) is 56.7. The Hall–Kier alpha value is -10.1. The number of amides is 6. The molecule has 0 bridgehead atoms. The minimum absolute atomic E-state index is 0.0571. The van der Waals surface area contributed by atoms with Crippen molar-refractivity contribution in [3.8, 4) is 12.1 Å². The van der Waals surface area contributed by atoms with Crippen molar-refractivity contribution in [2.75, 3.05) is 52.4 Å². The highest BCUT2D eigenvalue weighted by molar-refractivity contribution is 5.96. The second kappa shape index (κ2) is 32.0. The van der Waals surface area contributed by atoms with E-state index in [1.165, 1.54) is 18.6 Å². The van der Waals surface area contributed by atoms with E-state index in [9.17, 15) is 43.7 Å². The number of rotatable bonds is 22. The molecule has 7 aromatic rings. The number of carbonyl (C=O) groups is 6. The van der Waals surface area contributed by atoms with Gasteiger partial charge in [-0.1, -0.05) is 66.1 Å². The summed E-state index contributed by atoms with van der Waals surface area (Å²) in [5.41, 5.74) is 8.41. The molecule has 5 aliphatic rings. The molecule has 2 aliphatic heterocycles. The molecule has 24 nitrogen and oxygen atoms in total. The summed E-state index contributed by atoms with van der Waals surface area (Å²) >= 11 is 0. The van der Waals surface area contributed by atoms with E-state index >= 15 is 0 Å². The molecule has 4 atom stereocenters. The van der Waals surface area contributed by atoms with Gasteiger partial charge in [-0.25, -0.2) is 4.39 Å². The SMILES string of the molecule is CCNC(=O)c1ccc2c(c1)CCc1cc(C(=O)NCC)ccc1C2(C[C@H](NCC(=O)N1CCC[C@H]1C#N)C1CCCCC1)c1nn[nH]n1.CCNC(=O)c1ccc2c(c1)CCc1cc(C(=O)NCC)ccc1C2(C[C@H](NCC(=O)N1CCC[C@H]1C#N)c1ccc(F)cc1)c1nn[nH]n1. The van der Waals surface area contributed by atoms with E-state index in [1.54, 1.807) is 34.1 Å². The van der Waals surface area contributed by atoms with Gasteiger partial charge in [0.05, 0.1) is 36.1 Å². The highest BCUT2D eigenvalue weighted by Crippen LogP contribution is 2.51. The van der Waals surface area contributed by atoms with E-state index in [-0.39, 0.29) is 67.0 Å². The topological polar surface area (TPSA) is 338 Å². The Balaban J connectivity index is 0.000000200. The number of nitrogens with one attached hydrogen (secondary N) is 8. The van der Waals surface area contributed by atoms with Crippen LogP contribution in [0.4, 0.5) is 4.39 Å². The number of benzene rings is 5. The third-order valence-electron chi connectivity index (χ3n) is 20.4. The minimum Gasteiger partial charge on any atom is -0.352 e. The molecule has 0 unspecified atom stereocenters. The first-order valence-electron chi connectivity index (χ1n) is 34.9. The number of halogens is 1. The predicted molar refractivity (Wildman–Crippen MR) is 366 cm³/mol. The van der Waals surface area contributed by atoms with Gasteiger partial charge >= 0.3 is 0 Å². The number of aromatic nitrogens is 8. The van der Waals surface area contributed by atoms with Crippen LogP contribution in [-0.2, 0) is 46.1 Å². The lowest BCUT2D eigenvalue weighted by Gasteiger charge is -2.40. The maximum Gasteiger partial charge on any atom is 0.251 e. The Kier molecular flexibility index (Phi) is 22.7. The van der Waals surface area contributed by atoms with Crippen molar-refractivity contribution in [1.82, 2.24) is 82.9 Å². The standard InChI is InChI=1S/C37H40FN9O3.C37H47N9O3/c1-3-40-34(49)26-11-15-30-24(18-26)7-8-25-19-27(35(50)41-4-2)12-16-31(25)37(30,36-43-45-46-44-36)20-32(23-9-13-28(38)14-10-23)42-22-33(48)47-17-5-6-29(47)21-39;1-3-39-34(48)27-14-16-30-25(19-27)12-13-26-20-28(35(49)40-4-2)15-17-31(26)37(30,36-42-44-45-43-36)21-32(24-9-6-5-7-10-24)41-23-33(47)46-18-8-11-29(46)22-38/h9-16,18-19,29,32,42H,3-8,17,20,22H2,1-2H3,(H,40,49)(H,41,50)(H,43,44,45,46);14-17,19-20,24,29,32,41H,3-13,18,21,23H2,1-2H3,(H,39,48)(H,40,49)(H,42,43,44,45)/t2*29-,32-/m00/s1. The zero-order valence-electron chi connectivity index (χ0n) is 56.7. The van der Waals surface area contributed by atoms with Gasteiger partial charge in [-0.2, -0.15) is 21.0 Å². The molecule has 4 heterocycles. The fourth-order valence-corrected chi connectivity index (χ4v) is 15.7. The van der Waals surface area contributed by atoms with Gasteiger partial charge in [0.2, 0.25) is 11.8 Å². The van der Waals surface area contributed by atoms with Crippen molar-refractivity contribution in [3.05, 3.63) is 187 Å². The summed E-state index contributed by atoms with van der Waals surface area (Å²) in [5, 5.41) is 69.8. The van der Waals surface area contributed by atoms with Gasteiger partial charge in [0.25, 0.3) is 23.6 Å². The van der Waals surface area contributed by atoms with Crippen LogP contribution in [0.25, 0.3) is 0 Å². The Morgan fingerprint density at radius 3 is 1.26 bits per heavy atom. The maximum atomic E-state index is 14.3. The number of tetrazole rings is 2. The van der Waals surface area contributed by atoms with E-state index < -0.39 is 28.7 Å². The van der Waals surface area contributed by atoms with Crippen molar-refractivity contribution in [3.63, 3.8) is 0 Å². The molecule has 12 rings (SSSR count). The number of H-pyrrole nitrogens is 2. The maximum absolute atomic E-state index is 14.3. The number of nitriles is 2. The number of aryl methyl sites for hydroxylation is 4. The Morgan fingerprint density at radius 1 is 0.515 bits per heavy atom. The van der Waals surface area contributed by atoms with Crippen molar-refractivity contribution in [1.29, 1.82) is 10.5 Å². The molecule has 0 radical (unpaired) electrons. The van der Waals surface area contributed by atoms with E-state index in [0.717, 1.165) is 88.6 Å². The third-order valence-corrected chi connectivity index (χ3v) is 20.4. The van der Waals surface area contributed by atoms with Crippen LogP contribution in [0.15, 0.2) is 97.1 Å². The lowest BCUT2D eigenvalue weighted by Crippen LogP contribution is -2.49. The van der Waals surface area contributed by atoms with Crippen LogP contribution >= 0.6 is 0 Å². The molecule has 6 amide bonds. The van der Waals surface area contributed by atoms with Gasteiger partial charge in [-0.3, -0.25) is 28.8 Å². The van der Waals surface area contributed by atoms with Gasteiger partial charge in [-0.05, 0) is 221 Å². The second-order valence-electron chi connectivity index (χ2n) is 26.2. The fraction of sp³-hybridized carbons (Fsp3) is 0.459. The van der Waals surface area contributed by atoms with Crippen LogP contribution < -0.4 is 31.9 Å². The molecule has 99 heavy (non-hydrogen) atoms. The summed E-state index contributed by atoms with van der Waals surface area (Å²) in [6.45, 7) is 10.7. The molecule has 2 aromatic heterocycles. The summed E-state index contributed by atoms with van der Waals surface area (Å²) in [5.74, 6) is -0.129. The number of hydrogen-bond acceptors (Lipinski definition) is 16. The smallest absolute Gasteiger partial charge is 0.251 e. The normalized spacial score (nSPS) is 18.0. The first kappa shape index (κ1) is 70.2. The largest absolute Gasteiger partial charge is 0.352 e. The number of nitrogens with zero attached hydrogens (tertiary/aromatic N) is 10. The van der Waals surface area contributed by atoms with Gasteiger partial charge in [0.1, 0.15) is 17.9 Å². The van der Waals surface area contributed by atoms with Crippen LogP contribution in [0.1, 0.15) is 208 Å². The quantitative estimate of drug-likeness (QED) is 0.0336. The Labute approximate surface area is 575 Å². The summed E-state index contributed by atoms with van der Waals surface area (Å²) in [4.78, 5) is 82.5. The molecule has 1 saturated carbocycles. The zero-order chi connectivity index (χ0) is 69.6. The lowest BCUT2D eigenvalue weighted by atomic mass is 9.65. The van der Waals surface area contributed by atoms with Gasteiger partial charge < -0.3 is 41.7 Å².